The van der Waals surface area contributed by atoms with E-state index < -0.39 is 0 Å². The van der Waals surface area contributed by atoms with Gasteiger partial charge in [0.05, 0.1) is 11.0 Å². The number of furan rings is 1. The van der Waals surface area contributed by atoms with E-state index in [0.29, 0.717) is 0 Å². The van der Waals surface area contributed by atoms with Gasteiger partial charge in [-0.05, 0) is 75.8 Å². The van der Waals surface area contributed by atoms with E-state index in [1.807, 2.05) is 12.1 Å². The van der Waals surface area contributed by atoms with Crippen LogP contribution in [0.2, 0.25) is 0 Å². The fourth-order valence-electron chi connectivity index (χ4n) is 6.72. The molecule has 0 N–H and O–H groups in total. The number of nitrogens with zero attached hydrogens (tertiary/aromatic N) is 1. The molecule has 2 aromatic heterocycles. The van der Waals surface area contributed by atoms with Crippen LogP contribution in [-0.2, 0) is 0 Å². The Balaban J connectivity index is 1.08. The molecule has 0 atom stereocenters. The second-order valence-corrected chi connectivity index (χ2v) is 11.4. The molecule has 0 radical (unpaired) electrons. The molecule has 2 nitrogen and oxygen atoms in total. The first-order valence-corrected chi connectivity index (χ1v) is 15.0. The Kier molecular flexibility index (Phi) is 5.54. The van der Waals surface area contributed by atoms with Crippen LogP contribution in [0.5, 0.6) is 0 Å². The lowest BCUT2D eigenvalue weighted by Crippen LogP contribution is -1.93. The second kappa shape index (κ2) is 9.86. The Morgan fingerprint density at radius 1 is 0.364 bits per heavy atom. The van der Waals surface area contributed by atoms with Gasteiger partial charge in [-0.3, -0.25) is 0 Å². The van der Waals surface area contributed by atoms with Gasteiger partial charge >= 0.3 is 0 Å². The average molecular weight is 562 g/mol. The van der Waals surface area contributed by atoms with Gasteiger partial charge in [-0.15, -0.1) is 0 Å². The molecule has 2 heteroatoms. The van der Waals surface area contributed by atoms with E-state index in [-0.39, 0.29) is 0 Å². The first kappa shape index (κ1) is 24.7. The highest BCUT2D eigenvalue weighted by Gasteiger charge is 2.16. The summed E-state index contributed by atoms with van der Waals surface area (Å²) in [7, 11) is 0. The van der Waals surface area contributed by atoms with Crippen LogP contribution in [0.3, 0.4) is 0 Å². The summed E-state index contributed by atoms with van der Waals surface area (Å²) < 4.78 is 8.52. The summed E-state index contributed by atoms with van der Waals surface area (Å²) in [6, 6.07) is 58.5. The first-order chi connectivity index (χ1) is 21.8. The predicted octanol–water partition coefficient (Wildman–Crippen LogP) is 11.7. The monoisotopic (exact) mass is 561 g/mol. The SMILES string of the molecule is c1ccc(-c2cccc3c2c2ccccc2n3-c2ccc(-c3ccc(-c4ccc5c(c4)oc4ccccc45)cc3)cc2)cc1. The molecule has 0 unspecified atom stereocenters. The topological polar surface area (TPSA) is 18.1 Å². The number of para-hydroxylation sites is 2. The molecule has 0 saturated carbocycles. The van der Waals surface area contributed by atoms with E-state index in [9.17, 15) is 0 Å². The third-order valence-corrected chi connectivity index (χ3v) is 8.84. The van der Waals surface area contributed by atoms with Crippen molar-refractivity contribution in [2.75, 3.05) is 0 Å². The molecule has 2 heterocycles. The maximum absolute atomic E-state index is 6.13. The van der Waals surface area contributed by atoms with Crippen molar-refractivity contribution in [1.82, 2.24) is 4.57 Å². The quantitative estimate of drug-likeness (QED) is 0.209. The standard InChI is InChI=1S/C42H27NO/c1-2-9-31(10-3-1)34-13-8-15-39-42(34)37-12-4-6-14-38(37)43(39)33-24-21-29(22-25-33)28-17-19-30(20-18-28)32-23-26-36-35-11-5-7-16-40(35)44-41(36)27-32/h1-27H. The van der Waals surface area contributed by atoms with E-state index in [2.05, 4.69) is 156 Å². The zero-order valence-corrected chi connectivity index (χ0v) is 23.9. The van der Waals surface area contributed by atoms with Crippen molar-refractivity contribution in [2.24, 2.45) is 0 Å². The minimum atomic E-state index is 0.921. The normalized spacial score (nSPS) is 11.6. The van der Waals surface area contributed by atoms with Gasteiger partial charge in [-0.25, -0.2) is 0 Å². The van der Waals surface area contributed by atoms with Crippen LogP contribution in [0.4, 0.5) is 0 Å². The second-order valence-electron chi connectivity index (χ2n) is 11.4. The van der Waals surface area contributed by atoms with Crippen molar-refractivity contribution in [3.63, 3.8) is 0 Å². The zero-order chi connectivity index (χ0) is 29.0. The Morgan fingerprint density at radius 2 is 0.955 bits per heavy atom. The number of hydrogen-bond acceptors (Lipinski definition) is 1. The van der Waals surface area contributed by atoms with E-state index >= 15 is 0 Å². The molecule has 0 bridgehead atoms. The highest BCUT2D eigenvalue weighted by molar-refractivity contribution is 6.15. The van der Waals surface area contributed by atoms with E-state index in [1.165, 1.54) is 49.6 Å². The van der Waals surface area contributed by atoms with Crippen LogP contribution < -0.4 is 0 Å². The Hall–Kier alpha value is -5.86. The Labute approximate surface area is 255 Å². The summed E-state index contributed by atoms with van der Waals surface area (Å²) in [5, 5.41) is 4.86. The van der Waals surface area contributed by atoms with Crippen molar-refractivity contribution in [1.29, 1.82) is 0 Å². The molecule has 0 aliphatic heterocycles. The van der Waals surface area contributed by atoms with Crippen LogP contribution in [0.15, 0.2) is 168 Å². The first-order valence-electron chi connectivity index (χ1n) is 15.0. The molecule has 0 spiro atoms. The van der Waals surface area contributed by atoms with Gasteiger partial charge in [0.1, 0.15) is 11.2 Å². The fourth-order valence-corrected chi connectivity index (χ4v) is 6.72. The molecule has 7 aromatic carbocycles. The maximum Gasteiger partial charge on any atom is 0.136 e. The summed E-state index contributed by atoms with van der Waals surface area (Å²) >= 11 is 0. The summed E-state index contributed by atoms with van der Waals surface area (Å²) in [6.45, 7) is 0. The van der Waals surface area contributed by atoms with Crippen molar-refractivity contribution >= 4 is 43.7 Å². The van der Waals surface area contributed by atoms with Crippen LogP contribution >= 0.6 is 0 Å². The minimum Gasteiger partial charge on any atom is -0.456 e. The number of benzene rings is 7. The van der Waals surface area contributed by atoms with Gasteiger partial charge < -0.3 is 8.98 Å². The van der Waals surface area contributed by atoms with Crippen molar-refractivity contribution in [2.45, 2.75) is 0 Å². The molecule has 44 heavy (non-hydrogen) atoms. The van der Waals surface area contributed by atoms with Crippen LogP contribution in [-0.4, -0.2) is 4.57 Å². The summed E-state index contributed by atoms with van der Waals surface area (Å²) in [5.74, 6) is 0. The lowest BCUT2D eigenvalue weighted by atomic mass is 9.99. The highest BCUT2D eigenvalue weighted by Crippen LogP contribution is 2.39. The zero-order valence-electron chi connectivity index (χ0n) is 23.9. The average Bonchev–Trinajstić information content (AvgIpc) is 3.64. The van der Waals surface area contributed by atoms with Crippen molar-refractivity contribution in [3.05, 3.63) is 164 Å². The number of aromatic nitrogens is 1. The number of hydrogen-bond donors (Lipinski definition) is 0. The van der Waals surface area contributed by atoms with Gasteiger partial charge in [0.2, 0.25) is 0 Å². The van der Waals surface area contributed by atoms with E-state index in [4.69, 9.17) is 4.42 Å². The molecule has 0 aliphatic rings. The minimum absolute atomic E-state index is 0.921. The van der Waals surface area contributed by atoms with Gasteiger partial charge in [-0.1, -0.05) is 121 Å². The largest absolute Gasteiger partial charge is 0.456 e. The van der Waals surface area contributed by atoms with Crippen LogP contribution in [0, 0.1) is 0 Å². The van der Waals surface area contributed by atoms with Gasteiger partial charge in [0.25, 0.3) is 0 Å². The molecule has 9 rings (SSSR count). The van der Waals surface area contributed by atoms with Crippen molar-refractivity contribution in [3.8, 4) is 39.1 Å². The van der Waals surface area contributed by atoms with Gasteiger partial charge in [0.15, 0.2) is 0 Å². The molecule has 9 aromatic rings. The summed E-state index contributed by atoms with van der Waals surface area (Å²) in [4.78, 5) is 0. The van der Waals surface area contributed by atoms with Crippen LogP contribution in [0.1, 0.15) is 0 Å². The fraction of sp³-hybridized carbons (Fsp3) is 0. The summed E-state index contributed by atoms with van der Waals surface area (Å²) in [5.41, 5.74) is 12.6. The van der Waals surface area contributed by atoms with Crippen molar-refractivity contribution < 1.29 is 4.42 Å². The number of rotatable bonds is 4. The maximum atomic E-state index is 6.13. The third-order valence-electron chi connectivity index (χ3n) is 8.84. The molecule has 0 fully saturated rings. The molecular weight excluding hydrogens is 534 g/mol. The third kappa shape index (κ3) is 3.89. The molecule has 0 aliphatic carbocycles. The molecule has 0 saturated heterocycles. The van der Waals surface area contributed by atoms with Gasteiger partial charge in [-0.2, -0.15) is 0 Å². The van der Waals surface area contributed by atoms with E-state index in [1.54, 1.807) is 0 Å². The predicted molar refractivity (Wildman–Crippen MR) is 184 cm³/mol. The van der Waals surface area contributed by atoms with Crippen LogP contribution in [0.25, 0.3) is 82.8 Å². The molecular formula is C42H27NO. The van der Waals surface area contributed by atoms with Gasteiger partial charge in [0, 0.05) is 27.2 Å². The number of fused-ring (bicyclic) bond motifs is 6. The highest BCUT2D eigenvalue weighted by atomic mass is 16.3. The Bertz CT molecular complexity index is 2460. The lowest BCUT2D eigenvalue weighted by molar-refractivity contribution is 0.669. The van der Waals surface area contributed by atoms with E-state index in [0.717, 1.165) is 33.2 Å². The molecule has 0 amide bonds. The smallest absolute Gasteiger partial charge is 0.136 e. The summed E-state index contributed by atoms with van der Waals surface area (Å²) in [6.07, 6.45) is 0. The molecule has 206 valence electrons. The lowest BCUT2D eigenvalue weighted by Gasteiger charge is -2.10. The Morgan fingerprint density at radius 3 is 1.75 bits per heavy atom.